The van der Waals surface area contributed by atoms with Crippen molar-refractivity contribution in [2.75, 3.05) is 12.0 Å². The van der Waals surface area contributed by atoms with Crippen LogP contribution in [0.3, 0.4) is 0 Å². The van der Waals surface area contributed by atoms with Gasteiger partial charge in [-0.25, -0.2) is 9.19 Å². The van der Waals surface area contributed by atoms with Gasteiger partial charge in [-0.1, -0.05) is 0 Å². The number of nitrogens with one attached hydrogen (secondary N) is 2. The summed E-state index contributed by atoms with van der Waals surface area (Å²) in [6.07, 6.45) is 2.93. The number of fused-ring (bicyclic) bond motifs is 1. The van der Waals surface area contributed by atoms with Crippen LogP contribution in [0.15, 0.2) is 17.8 Å². The van der Waals surface area contributed by atoms with E-state index in [1.54, 1.807) is 0 Å². The number of nitrogens with two attached hydrogens (primary N) is 1. The van der Waals surface area contributed by atoms with Crippen molar-refractivity contribution < 1.29 is 8.95 Å². The predicted molar refractivity (Wildman–Crippen MR) is 85.2 cm³/mol. The van der Waals surface area contributed by atoms with E-state index in [9.17, 15) is 4.21 Å². The monoisotopic (exact) mass is 338 g/mol. The number of nitrogens with zero attached hydrogens (tertiary/aromatic N) is 3. The lowest BCUT2D eigenvalue weighted by Gasteiger charge is -2.04. The van der Waals surface area contributed by atoms with Gasteiger partial charge in [0.2, 0.25) is 11.8 Å². The summed E-state index contributed by atoms with van der Waals surface area (Å²) in [7, 11) is -2.54. The number of aromatic amines is 1. The van der Waals surface area contributed by atoms with Crippen LogP contribution in [-0.2, 0) is 22.1 Å². The normalized spacial score (nSPS) is 14.0. The molecular formula is C12H14N6O2S2. The fraction of sp³-hybridized carbons (Fsp3) is 0.250. The Morgan fingerprint density at radius 1 is 1.50 bits per heavy atom. The molecule has 0 aliphatic heterocycles. The molecule has 0 fully saturated rings. The zero-order valence-electron chi connectivity index (χ0n) is 11.7. The van der Waals surface area contributed by atoms with Crippen LogP contribution < -0.4 is 10.5 Å². The van der Waals surface area contributed by atoms with E-state index in [0.29, 0.717) is 23.7 Å². The Labute approximate surface area is 130 Å². The number of H-pyrrole nitrogens is 1. The van der Waals surface area contributed by atoms with Crippen molar-refractivity contribution in [1.29, 1.82) is 4.78 Å². The van der Waals surface area contributed by atoms with Crippen molar-refractivity contribution in [2.24, 2.45) is 0 Å². The molecule has 0 amide bonds. The summed E-state index contributed by atoms with van der Waals surface area (Å²) in [5.41, 5.74) is 7.54. The zero-order valence-corrected chi connectivity index (χ0v) is 13.3. The van der Waals surface area contributed by atoms with Gasteiger partial charge in [0, 0.05) is 20.9 Å². The van der Waals surface area contributed by atoms with E-state index in [1.165, 1.54) is 23.9 Å². The van der Waals surface area contributed by atoms with Crippen molar-refractivity contribution in [1.82, 2.24) is 19.9 Å². The van der Waals surface area contributed by atoms with Gasteiger partial charge in [-0.2, -0.15) is 9.97 Å². The second-order valence-electron chi connectivity index (χ2n) is 4.85. The summed E-state index contributed by atoms with van der Waals surface area (Å²) in [6.45, 7) is 0.304. The lowest BCUT2D eigenvalue weighted by Crippen LogP contribution is -2.01. The molecule has 0 bridgehead atoms. The smallest absolute Gasteiger partial charge is 0.245 e. The van der Waals surface area contributed by atoms with Crippen LogP contribution in [0.1, 0.15) is 10.4 Å². The molecule has 0 aliphatic carbocycles. The van der Waals surface area contributed by atoms with Gasteiger partial charge in [0.15, 0.2) is 5.65 Å². The summed E-state index contributed by atoms with van der Waals surface area (Å²) < 4.78 is 24.6. The molecule has 3 aromatic rings. The third-order valence-corrected chi connectivity index (χ3v) is 4.61. The van der Waals surface area contributed by atoms with Crippen LogP contribution in [0, 0.1) is 4.78 Å². The molecule has 3 aromatic heterocycles. The maximum absolute atomic E-state index is 11.5. The van der Waals surface area contributed by atoms with E-state index in [-0.39, 0.29) is 11.7 Å². The third kappa shape index (κ3) is 3.34. The van der Waals surface area contributed by atoms with Gasteiger partial charge < -0.3 is 15.5 Å². The Morgan fingerprint density at radius 2 is 2.32 bits per heavy atom. The van der Waals surface area contributed by atoms with Gasteiger partial charge in [0.25, 0.3) is 0 Å². The molecule has 22 heavy (non-hydrogen) atoms. The molecule has 1 unspecified atom stereocenters. The molecule has 3 heterocycles. The molecule has 0 saturated carbocycles. The molecule has 0 aromatic carbocycles. The van der Waals surface area contributed by atoms with Crippen LogP contribution in [0.25, 0.3) is 11.2 Å². The van der Waals surface area contributed by atoms with Crippen LogP contribution in [0.4, 0.5) is 5.95 Å². The highest BCUT2D eigenvalue weighted by Gasteiger charge is 2.11. The number of anilines is 1. The number of rotatable bonds is 5. The number of thiophene rings is 1. The van der Waals surface area contributed by atoms with E-state index < -0.39 is 9.73 Å². The summed E-state index contributed by atoms with van der Waals surface area (Å²) >= 11 is 1.49. The van der Waals surface area contributed by atoms with Crippen molar-refractivity contribution >= 4 is 38.2 Å². The quantitative estimate of drug-likeness (QED) is 0.649. The minimum absolute atomic E-state index is 0.0985. The van der Waals surface area contributed by atoms with Crippen LogP contribution in [0.2, 0.25) is 0 Å². The molecule has 0 radical (unpaired) electrons. The summed E-state index contributed by atoms with van der Waals surface area (Å²) in [5, 5.41) is 1.89. The SMILES string of the molecule is CS(=N)(=O)Cc1csc(COc2nc(N)nc3nc[nH]c23)c1. The van der Waals surface area contributed by atoms with Crippen molar-refractivity contribution in [3.8, 4) is 5.88 Å². The molecule has 0 aliphatic rings. The molecule has 10 heteroatoms. The van der Waals surface area contributed by atoms with Gasteiger partial charge in [-0.05, 0) is 17.0 Å². The van der Waals surface area contributed by atoms with Gasteiger partial charge in [0.1, 0.15) is 12.1 Å². The third-order valence-electron chi connectivity index (χ3n) is 2.77. The number of imidazole rings is 1. The van der Waals surface area contributed by atoms with Crippen LogP contribution >= 0.6 is 11.3 Å². The fourth-order valence-electron chi connectivity index (χ4n) is 1.96. The largest absolute Gasteiger partial charge is 0.470 e. The molecule has 116 valence electrons. The van der Waals surface area contributed by atoms with Crippen molar-refractivity contribution in [3.05, 3.63) is 28.2 Å². The van der Waals surface area contributed by atoms with Gasteiger partial charge in [-0.15, -0.1) is 11.3 Å². The molecule has 8 nitrogen and oxygen atoms in total. The van der Waals surface area contributed by atoms with Gasteiger partial charge >= 0.3 is 0 Å². The molecule has 1 atom stereocenters. The topological polar surface area (TPSA) is 131 Å². The minimum atomic E-state index is -2.54. The predicted octanol–water partition coefficient (Wildman–Crippen LogP) is 1.75. The van der Waals surface area contributed by atoms with E-state index in [2.05, 4.69) is 19.9 Å². The first-order valence-corrected chi connectivity index (χ1v) is 9.29. The lowest BCUT2D eigenvalue weighted by atomic mass is 10.3. The highest BCUT2D eigenvalue weighted by atomic mass is 32.2. The Morgan fingerprint density at radius 3 is 3.09 bits per heavy atom. The summed E-state index contributed by atoms with van der Waals surface area (Å²) in [5.74, 6) is 0.686. The second-order valence-corrected chi connectivity index (χ2v) is 8.14. The second kappa shape index (κ2) is 5.54. The molecule has 0 saturated heterocycles. The average molecular weight is 338 g/mol. The maximum Gasteiger partial charge on any atom is 0.245 e. The number of ether oxygens (including phenoxy) is 1. The van der Waals surface area contributed by atoms with E-state index in [1.807, 2.05) is 11.4 Å². The lowest BCUT2D eigenvalue weighted by molar-refractivity contribution is 0.301. The van der Waals surface area contributed by atoms with Crippen LogP contribution in [-0.4, -0.2) is 30.4 Å². The maximum atomic E-state index is 11.5. The Kier molecular flexibility index (Phi) is 3.71. The Hall–Kier alpha value is -2.20. The first kappa shape index (κ1) is 14.7. The Bertz CT molecular complexity index is 915. The fourth-order valence-corrected chi connectivity index (χ4v) is 3.67. The molecular weight excluding hydrogens is 324 g/mol. The van der Waals surface area contributed by atoms with Gasteiger partial charge in [0.05, 0.1) is 12.1 Å². The summed E-state index contributed by atoms with van der Waals surface area (Å²) in [4.78, 5) is 15.9. The first-order valence-electron chi connectivity index (χ1n) is 6.28. The summed E-state index contributed by atoms with van der Waals surface area (Å²) in [6, 6.07) is 1.89. The molecule has 3 rings (SSSR count). The number of hydrogen-bond acceptors (Lipinski definition) is 8. The Balaban J connectivity index is 1.76. The average Bonchev–Trinajstić information content (AvgIpc) is 3.02. The number of nitrogen functional groups attached to an aromatic ring is 1. The standard InChI is InChI=1S/C12H14N6O2S2/c1-22(14,19)5-7-2-8(21-4-7)3-20-11-9-10(16-6-15-9)17-12(13)18-11/h2,4,6,14H,3,5H2,1H3,(H3,13,15,16,17,18). The van der Waals surface area contributed by atoms with Gasteiger partial charge in [-0.3, -0.25) is 4.78 Å². The van der Waals surface area contributed by atoms with E-state index in [4.69, 9.17) is 15.3 Å². The van der Waals surface area contributed by atoms with E-state index in [0.717, 1.165) is 10.4 Å². The highest BCUT2D eigenvalue weighted by molar-refractivity contribution is 7.90. The van der Waals surface area contributed by atoms with E-state index >= 15 is 0 Å². The van der Waals surface area contributed by atoms with Crippen molar-refractivity contribution in [3.63, 3.8) is 0 Å². The molecule has 0 spiro atoms. The van der Waals surface area contributed by atoms with Crippen LogP contribution in [0.5, 0.6) is 5.88 Å². The number of hydrogen-bond donors (Lipinski definition) is 3. The van der Waals surface area contributed by atoms with Crippen molar-refractivity contribution in [2.45, 2.75) is 12.4 Å². The zero-order chi connectivity index (χ0) is 15.7. The molecule has 4 N–H and O–H groups in total. The first-order chi connectivity index (χ1) is 10.4. The minimum Gasteiger partial charge on any atom is -0.470 e. The number of aromatic nitrogens is 4. The highest BCUT2D eigenvalue weighted by Crippen LogP contribution is 2.23.